The lowest BCUT2D eigenvalue weighted by atomic mass is 9.99. The van der Waals surface area contributed by atoms with Gasteiger partial charge in [0, 0.05) is 11.7 Å². The quantitative estimate of drug-likeness (QED) is 0.640. The molecule has 0 aliphatic rings. The molecule has 3 rings (SSSR count). The Bertz CT molecular complexity index is 896. The number of hydrogen-bond acceptors (Lipinski definition) is 2. The van der Waals surface area contributed by atoms with E-state index >= 15 is 0 Å². The lowest BCUT2D eigenvalue weighted by Gasteiger charge is -2.18. The molecule has 0 saturated heterocycles. The fourth-order valence-corrected chi connectivity index (χ4v) is 3.29. The molecule has 0 aliphatic carbocycles. The van der Waals surface area contributed by atoms with E-state index in [1.807, 2.05) is 30.3 Å². The Balaban J connectivity index is 1.66. The summed E-state index contributed by atoms with van der Waals surface area (Å²) in [6.07, 6.45) is 0. The number of hydrogen-bond donors (Lipinski definition) is 2. The van der Waals surface area contributed by atoms with Crippen molar-refractivity contribution in [2.24, 2.45) is 0 Å². The zero-order chi connectivity index (χ0) is 18.5. The van der Waals surface area contributed by atoms with E-state index in [2.05, 4.69) is 67.8 Å². The highest BCUT2D eigenvalue weighted by Gasteiger charge is 2.12. The van der Waals surface area contributed by atoms with Crippen LogP contribution in [0.4, 0.5) is 5.69 Å². The molecular formula is C23H26N2O. The van der Waals surface area contributed by atoms with Gasteiger partial charge in [0.2, 0.25) is 5.91 Å². The number of fused-ring (bicyclic) bond motifs is 1. The van der Waals surface area contributed by atoms with Gasteiger partial charge in [0.05, 0.1) is 6.54 Å². The minimum atomic E-state index is -0.0230. The maximum atomic E-state index is 12.4. The van der Waals surface area contributed by atoms with E-state index in [0.717, 1.165) is 11.3 Å². The SMILES string of the molecule is CC(C)c1ccccc1NC(=O)CN[C@H](C)c1cccc2ccccc12. The lowest BCUT2D eigenvalue weighted by Crippen LogP contribution is -2.30. The summed E-state index contributed by atoms with van der Waals surface area (Å²) in [5.41, 5.74) is 3.26. The molecule has 1 amide bonds. The minimum Gasteiger partial charge on any atom is -0.325 e. The van der Waals surface area contributed by atoms with E-state index in [-0.39, 0.29) is 18.5 Å². The van der Waals surface area contributed by atoms with Crippen LogP contribution in [-0.4, -0.2) is 12.5 Å². The van der Waals surface area contributed by atoms with Crippen LogP contribution in [0.3, 0.4) is 0 Å². The number of para-hydroxylation sites is 1. The molecule has 0 spiro atoms. The predicted octanol–water partition coefficient (Wildman–Crippen LogP) is 5.25. The Hall–Kier alpha value is -2.65. The van der Waals surface area contributed by atoms with E-state index in [0.29, 0.717) is 5.92 Å². The first-order valence-corrected chi connectivity index (χ1v) is 9.16. The van der Waals surface area contributed by atoms with Crippen LogP contribution in [0.2, 0.25) is 0 Å². The maximum Gasteiger partial charge on any atom is 0.238 e. The summed E-state index contributed by atoms with van der Waals surface area (Å²) >= 11 is 0. The fraction of sp³-hybridized carbons (Fsp3) is 0.261. The highest BCUT2D eigenvalue weighted by atomic mass is 16.1. The first-order valence-electron chi connectivity index (χ1n) is 9.16. The molecule has 0 heterocycles. The normalized spacial score (nSPS) is 12.3. The molecule has 3 nitrogen and oxygen atoms in total. The van der Waals surface area contributed by atoms with Gasteiger partial charge >= 0.3 is 0 Å². The van der Waals surface area contributed by atoms with Crippen molar-refractivity contribution in [1.82, 2.24) is 5.32 Å². The maximum absolute atomic E-state index is 12.4. The molecule has 0 radical (unpaired) electrons. The van der Waals surface area contributed by atoms with Gasteiger partial charge in [-0.2, -0.15) is 0 Å². The van der Waals surface area contributed by atoms with E-state index in [1.165, 1.54) is 16.3 Å². The third kappa shape index (κ3) is 4.12. The van der Waals surface area contributed by atoms with E-state index in [1.54, 1.807) is 0 Å². The zero-order valence-corrected chi connectivity index (χ0v) is 15.6. The van der Waals surface area contributed by atoms with Gasteiger partial charge in [-0.25, -0.2) is 0 Å². The van der Waals surface area contributed by atoms with Crippen LogP contribution in [0.25, 0.3) is 10.8 Å². The van der Waals surface area contributed by atoms with Crippen LogP contribution in [-0.2, 0) is 4.79 Å². The number of nitrogens with one attached hydrogen (secondary N) is 2. The highest BCUT2D eigenvalue weighted by Crippen LogP contribution is 2.25. The van der Waals surface area contributed by atoms with Crippen molar-refractivity contribution in [3.63, 3.8) is 0 Å². The Morgan fingerprint density at radius 3 is 2.31 bits per heavy atom. The Morgan fingerprint density at radius 1 is 0.846 bits per heavy atom. The number of amides is 1. The van der Waals surface area contributed by atoms with Crippen LogP contribution < -0.4 is 10.6 Å². The Labute approximate surface area is 155 Å². The summed E-state index contributed by atoms with van der Waals surface area (Å²) < 4.78 is 0. The van der Waals surface area contributed by atoms with Gasteiger partial charge < -0.3 is 10.6 Å². The first-order chi connectivity index (χ1) is 12.6. The number of anilines is 1. The van der Waals surface area contributed by atoms with Gasteiger partial charge in [-0.15, -0.1) is 0 Å². The minimum absolute atomic E-state index is 0.0230. The molecule has 26 heavy (non-hydrogen) atoms. The largest absolute Gasteiger partial charge is 0.325 e. The van der Waals surface area contributed by atoms with Crippen molar-refractivity contribution >= 4 is 22.4 Å². The van der Waals surface area contributed by atoms with Crippen LogP contribution >= 0.6 is 0 Å². The molecule has 1 atom stereocenters. The lowest BCUT2D eigenvalue weighted by molar-refractivity contribution is -0.115. The van der Waals surface area contributed by atoms with Crippen molar-refractivity contribution < 1.29 is 4.79 Å². The summed E-state index contributed by atoms with van der Waals surface area (Å²) in [6, 6.07) is 22.7. The molecule has 3 aromatic carbocycles. The molecule has 0 saturated carbocycles. The van der Waals surface area contributed by atoms with Crippen LogP contribution in [0, 0.1) is 0 Å². The Kier molecular flexibility index (Phi) is 5.69. The highest BCUT2D eigenvalue weighted by molar-refractivity contribution is 5.93. The van der Waals surface area contributed by atoms with Gasteiger partial charge in [0.1, 0.15) is 0 Å². The molecule has 0 unspecified atom stereocenters. The van der Waals surface area contributed by atoms with E-state index in [9.17, 15) is 4.79 Å². The van der Waals surface area contributed by atoms with Crippen LogP contribution in [0.5, 0.6) is 0 Å². The number of benzene rings is 3. The molecule has 2 N–H and O–H groups in total. The van der Waals surface area contributed by atoms with Crippen LogP contribution in [0.15, 0.2) is 66.7 Å². The summed E-state index contributed by atoms with van der Waals surface area (Å²) in [4.78, 5) is 12.4. The summed E-state index contributed by atoms with van der Waals surface area (Å²) in [6.45, 7) is 6.63. The first kappa shape index (κ1) is 18.2. The van der Waals surface area contributed by atoms with Crippen molar-refractivity contribution in [3.05, 3.63) is 77.9 Å². The van der Waals surface area contributed by atoms with Gasteiger partial charge in [-0.3, -0.25) is 4.79 Å². The summed E-state index contributed by atoms with van der Waals surface area (Å²) in [7, 11) is 0. The molecule has 3 aromatic rings. The van der Waals surface area contributed by atoms with Gasteiger partial charge in [0.15, 0.2) is 0 Å². The topological polar surface area (TPSA) is 41.1 Å². The Morgan fingerprint density at radius 2 is 1.50 bits per heavy atom. The second-order valence-electron chi connectivity index (χ2n) is 6.96. The molecule has 134 valence electrons. The average Bonchev–Trinajstić information content (AvgIpc) is 2.66. The number of carbonyl (C=O) groups excluding carboxylic acids is 1. The molecule has 0 bridgehead atoms. The molecular weight excluding hydrogens is 320 g/mol. The van der Waals surface area contributed by atoms with Gasteiger partial charge in [-0.1, -0.05) is 74.5 Å². The third-order valence-corrected chi connectivity index (χ3v) is 4.72. The van der Waals surface area contributed by atoms with E-state index < -0.39 is 0 Å². The smallest absolute Gasteiger partial charge is 0.238 e. The van der Waals surface area contributed by atoms with Crippen molar-refractivity contribution in [3.8, 4) is 0 Å². The average molecular weight is 346 g/mol. The van der Waals surface area contributed by atoms with E-state index in [4.69, 9.17) is 0 Å². The third-order valence-electron chi connectivity index (χ3n) is 4.72. The number of carbonyl (C=O) groups is 1. The van der Waals surface area contributed by atoms with Gasteiger partial charge in [-0.05, 0) is 40.8 Å². The molecule has 3 heteroatoms. The molecule has 0 aromatic heterocycles. The van der Waals surface area contributed by atoms with Crippen molar-refractivity contribution in [2.75, 3.05) is 11.9 Å². The van der Waals surface area contributed by atoms with Crippen LogP contribution in [0.1, 0.15) is 43.9 Å². The predicted molar refractivity (Wildman–Crippen MR) is 110 cm³/mol. The second-order valence-corrected chi connectivity index (χ2v) is 6.96. The monoisotopic (exact) mass is 346 g/mol. The molecule has 0 fully saturated rings. The summed E-state index contributed by atoms with van der Waals surface area (Å²) in [5.74, 6) is 0.347. The second kappa shape index (κ2) is 8.15. The standard InChI is InChI=1S/C23H26N2O/c1-16(2)19-11-6-7-14-22(19)25-23(26)15-24-17(3)20-13-8-10-18-9-4-5-12-21(18)20/h4-14,16-17,24H,15H2,1-3H3,(H,25,26)/t17-/m1/s1. The number of rotatable bonds is 6. The van der Waals surface area contributed by atoms with Crippen molar-refractivity contribution in [1.29, 1.82) is 0 Å². The fourth-order valence-electron chi connectivity index (χ4n) is 3.29. The molecule has 0 aliphatic heterocycles. The van der Waals surface area contributed by atoms with Crippen molar-refractivity contribution in [2.45, 2.75) is 32.7 Å². The van der Waals surface area contributed by atoms with Gasteiger partial charge in [0.25, 0.3) is 0 Å². The summed E-state index contributed by atoms with van der Waals surface area (Å²) in [5, 5.41) is 8.82. The zero-order valence-electron chi connectivity index (χ0n) is 15.6.